The molecule has 0 aliphatic rings. The molecule has 98 valence electrons. The number of nitrogens with zero attached hydrogens (tertiary/aromatic N) is 1. The van der Waals surface area contributed by atoms with Crippen molar-refractivity contribution in [1.29, 1.82) is 0 Å². The van der Waals surface area contributed by atoms with Crippen molar-refractivity contribution in [3.05, 3.63) is 29.8 Å². The summed E-state index contributed by atoms with van der Waals surface area (Å²) >= 11 is 0. The van der Waals surface area contributed by atoms with Gasteiger partial charge in [-0.25, -0.2) is 0 Å². The molecule has 0 amide bonds. The fourth-order valence-corrected chi connectivity index (χ4v) is 2.06. The van der Waals surface area contributed by atoms with Gasteiger partial charge >= 0.3 is 16.5 Å². The van der Waals surface area contributed by atoms with Crippen molar-refractivity contribution in [2.24, 2.45) is 0 Å². The fourth-order valence-electron chi connectivity index (χ4n) is 2.06. The third kappa shape index (κ3) is 2.25. The van der Waals surface area contributed by atoms with Crippen molar-refractivity contribution in [2.45, 2.75) is 13.8 Å². The molecule has 0 radical (unpaired) electrons. The quantitative estimate of drug-likeness (QED) is 0.791. The zero-order valence-corrected chi connectivity index (χ0v) is 11.6. The molecular weight excluding hydrogens is 273 g/mol. The molecule has 0 fully saturated rings. The van der Waals surface area contributed by atoms with E-state index in [4.69, 9.17) is 0 Å². The number of benzene rings is 2. The Morgan fingerprint density at radius 3 is 2.50 bits per heavy atom. The summed E-state index contributed by atoms with van der Waals surface area (Å²) in [6, 6.07) is 6.94. The molecule has 0 aliphatic carbocycles. The van der Waals surface area contributed by atoms with Crippen LogP contribution < -0.4 is 15.1 Å². The maximum absolute atomic E-state index is 11.8. The van der Waals surface area contributed by atoms with Gasteiger partial charge < -0.3 is 15.1 Å². The molecule has 0 unspecified atom stereocenters. The smallest absolute Gasteiger partial charge is 0.873 e. The van der Waals surface area contributed by atoms with Crippen LogP contribution in [0.15, 0.2) is 24.3 Å². The van der Waals surface area contributed by atoms with E-state index in [0.29, 0.717) is 5.39 Å². The molecule has 0 bridgehead atoms. The van der Waals surface area contributed by atoms with E-state index in [-0.39, 0.29) is 16.5 Å². The van der Waals surface area contributed by atoms with Crippen LogP contribution in [0.4, 0.5) is 5.69 Å². The molecule has 0 saturated heterocycles. The van der Waals surface area contributed by atoms with Crippen molar-refractivity contribution >= 4 is 16.5 Å². The average Bonchev–Trinajstić information content (AvgIpc) is 2.33. The number of hydrogen-bond donors (Lipinski definition) is 0. The fraction of sp³-hybridized carbons (Fsp3) is 0.286. The SMILES string of the molecule is CCN(C)c1cc([O-])c([O-])c2cccc(C)c12.[Ni+2]. The van der Waals surface area contributed by atoms with Gasteiger partial charge in [-0.3, -0.25) is 0 Å². The third-order valence-corrected chi connectivity index (χ3v) is 3.15. The van der Waals surface area contributed by atoms with Gasteiger partial charge in [-0.05, 0) is 30.9 Å². The summed E-state index contributed by atoms with van der Waals surface area (Å²) in [6.07, 6.45) is 0. The van der Waals surface area contributed by atoms with Crippen LogP contribution in [0.2, 0.25) is 0 Å². The van der Waals surface area contributed by atoms with Crippen molar-refractivity contribution in [1.82, 2.24) is 0 Å². The Balaban J connectivity index is 0.00000162. The van der Waals surface area contributed by atoms with Crippen molar-refractivity contribution in [3.63, 3.8) is 0 Å². The van der Waals surface area contributed by atoms with Crippen LogP contribution in [0.3, 0.4) is 0 Å². The van der Waals surface area contributed by atoms with Gasteiger partial charge in [-0.2, -0.15) is 0 Å². The Hall–Kier alpha value is -1.41. The first-order chi connectivity index (χ1) is 8.06. The minimum Gasteiger partial charge on any atom is -0.873 e. The number of hydrogen-bond acceptors (Lipinski definition) is 3. The molecule has 4 heteroatoms. The van der Waals surface area contributed by atoms with Crippen LogP contribution in [0.25, 0.3) is 10.8 Å². The first-order valence-electron chi connectivity index (χ1n) is 5.67. The van der Waals surface area contributed by atoms with Crippen molar-refractivity contribution < 1.29 is 26.7 Å². The van der Waals surface area contributed by atoms with E-state index in [1.807, 2.05) is 37.9 Å². The maximum atomic E-state index is 11.8. The second-order valence-electron chi connectivity index (χ2n) is 4.23. The maximum Gasteiger partial charge on any atom is 2.00 e. The van der Waals surface area contributed by atoms with E-state index >= 15 is 0 Å². The zero-order chi connectivity index (χ0) is 12.6. The Kier molecular flexibility index (Phi) is 4.47. The normalized spacial score (nSPS) is 10.2. The molecule has 0 atom stereocenters. The average molecular weight is 288 g/mol. The first-order valence-corrected chi connectivity index (χ1v) is 5.67. The van der Waals surface area contributed by atoms with Crippen molar-refractivity contribution in [3.8, 4) is 11.5 Å². The second kappa shape index (κ2) is 5.49. The number of rotatable bonds is 2. The number of anilines is 1. The van der Waals surface area contributed by atoms with Gasteiger partial charge in [0.25, 0.3) is 0 Å². The molecule has 0 spiro atoms. The van der Waals surface area contributed by atoms with Crippen LogP contribution in [0.1, 0.15) is 12.5 Å². The van der Waals surface area contributed by atoms with Gasteiger partial charge in [0.2, 0.25) is 0 Å². The zero-order valence-electron chi connectivity index (χ0n) is 10.6. The summed E-state index contributed by atoms with van der Waals surface area (Å²) in [6.45, 7) is 4.76. The summed E-state index contributed by atoms with van der Waals surface area (Å²) in [4.78, 5) is 1.98. The third-order valence-electron chi connectivity index (χ3n) is 3.15. The molecule has 0 heterocycles. The molecular formula is C14H15NNiO2. The van der Waals surface area contributed by atoms with Crippen LogP contribution >= 0.6 is 0 Å². The molecule has 2 aromatic carbocycles. The van der Waals surface area contributed by atoms with Gasteiger partial charge in [0.1, 0.15) is 0 Å². The first kappa shape index (κ1) is 14.7. The van der Waals surface area contributed by atoms with Gasteiger partial charge in [0, 0.05) is 24.7 Å². The molecule has 2 aromatic rings. The molecule has 18 heavy (non-hydrogen) atoms. The predicted molar refractivity (Wildman–Crippen MR) is 66.5 cm³/mol. The molecule has 0 N–H and O–H groups in total. The largest absolute Gasteiger partial charge is 2.00 e. The summed E-state index contributed by atoms with van der Waals surface area (Å²) in [5, 5.41) is 24.9. The molecule has 0 aromatic heterocycles. The van der Waals surface area contributed by atoms with Gasteiger partial charge in [-0.1, -0.05) is 18.2 Å². The number of fused-ring (bicyclic) bond motifs is 1. The standard InChI is InChI=1S/C14H17NO2.Ni/c1-4-15(3)11-8-12(16)14(17)10-7-5-6-9(2)13(10)11;/h5-8,16-17H,4H2,1-3H3;/q;+2/p-2. The molecule has 0 saturated carbocycles. The minimum atomic E-state index is -0.432. The van der Waals surface area contributed by atoms with E-state index in [0.717, 1.165) is 23.2 Å². The van der Waals surface area contributed by atoms with Crippen LogP contribution in [0, 0.1) is 6.92 Å². The van der Waals surface area contributed by atoms with Crippen molar-refractivity contribution in [2.75, 3.05) is 18.5 Å². The van der Waals surface area contributed by atoms with E-state index < -0.39 is 11.5 Å². The van der Waals surface area contributed by atoms with Gasteiger partial charge in [0.15, 0.2) is 0 Å². The molecule has 2 rings (SSSR count). The van der Waals surface area contributed by atoms with Crippen LogP contribution in [0.5, 0.6) is 11.5 Å². The Labute approximate surface area is 117 Å². The minimum absolute atomic E-state index is 0. The molecule has 3 nitrogen and oxygen atoms in total. The van der Waals surface area contributed by atoms with E-state index in [1.165, 1.54) is 6.07 Å². The Bertz CT molecular complexity index is 569. The predicted octanol–water partition coefficient (Wildman–Crippen LogP) is 1.75. The Morgan fingerprint density at radius 2 is 1.89 bits per heavy atom. The van der Waals surface area contributed by atoms with E-state index in [9.17, 15) is 10.2 Å². The van der Waals surface area contributed by atoms with Gasteiger partial charge in [-0.15, -0.1) is 11.5 Å². The van der Waals surface area contributed by atoms with E-state index in [1.54, 1.807) is 6.07 Å². The van der Waals surface area contributed by atoms with E-state index in [2.05, 4.69) is 0 Å². The van der Waals surface area contributed by atoms with Crippen LogP contribution in [-0.2, 0) is 16.5 Å². The monoisotopic (exact) mass is 287 g/mol. The molecule has 0 aliphatic heterocycles. The summed E-state index contributed by atoms with van der Waals surface area (Å²) in [5.41, 5.74) is 1.86. The van der Waals surface area contributed by atoms with Crippen LogP contribution in [-0.4, -0.2) is 13.6 Å². The summed E-state index contributed by atoms with van der Waals surface area (Å²) < 4.78 is 0. The second-order valence-corrected chi connectivity index (χ2v) is 4.23. The number of aryl methyl sites for hydroxylation is 1. The van der Waals surface area contributed by atoms with Gasteiger partial charge in [0.05, 0.1) is 0 Å². The Morgan fingerprint density at radius 1 is 1.22 bits per heavy atom. The topological polar surface area (TPSA) is 49.4 Å². The summed E-state index contributed by atoms with van der Waals surface area (Å²) in [7, 11) is 1.92. The summed E-state index contributed by atoms with van der Waals surface area (Å²) in [5.74, 6) is -0.838.